The Morgan fingerprint density at radius 1 is 1.39 bits per heavy atom. The topological polar surface area (TPSA) is 41.1 Å². The Hall–Kier alpha value is -1.06. The first kappa shape index (κ1) is 13.4. The smallest absolute Gasteiger partial charge is 0.224 e. The van der Waals surface area contributed by atoms with Gasteiger partial charge in [0.15, 0.2) is 0 Å². The van der Waals surface area contributed by atoms with E-state index in [1.807, 2.05) is 24.3 Å². The molecule has 0 aromatic heterocycles. The molecule has 1 unspecified atom stereocenters. The standard InChI is InChI=1S/C14H19ClN2O/c15-12-4-1-3-11(9-12)10-14(18)17-13-5-2-7-16-8-6-13/h1,3-4,9,13,16H,2,5-8,10H2,(H,17,18). The zero-order chi connectivity index (χ0) is 12.8. The van der Waals surface area contributed by atoms with Gasteiger partial charge in [-0.1, -0.05) is 23.7 Å². The fourth-order valence-corrected chi connectivity index (χ4v) is 2.49. The second-order valence-corrected chi connectivity index (χ2v) is 5.19. The van der Waals surface area contributed by atoms with Crippen LogP contribution in [-0.2, 0) is 11.2 Å². The van der Waals surface area contributed by atoms with E-state index in [4.69, 9.17) is 11.6 Å². The molecule has 0 bridgehead atoms. The number of halogens is 1. The van der Waals surface area contributed by atoms with Crippen molar-refractivity contribution in [3.05, 3.63) is 34.9 Å². The minimum Gasteiger partial charge on any atom is -0.353 e. The van der Waals surface area contributed by atoms with E-state index in [1.165, 1.54) is 0 Å². The van der Waals surface area contributed by atoms with E-state index < -0.39 is 0 Å². The largest absolute Gasteiger partial charge is 0.353 e. The molecule has 2 rings (SSSR count). The molecule has 1 aliphatic rings. The lowest BCUT2D eigenvalue weighted by Crippen LogP contribution is -2.36. The Morgan fingerprint density at radius 2 is 2.28 bits per heavy atom. The first-order chi connectivity index (χ1) is 8.74. The third kappa shape index (κ3) is 4.31. The van der Waals surface area contributed by atoms with Crippen molar-refractivity contribution in [2.24, 2.45) is 0 Å². The third-order valence-corrected chi connectivity index (χ3v) is 3.43. The van der Waals surface area contributed by atoms with Crippen LogP contribution >= 0.6 is 11.6 Å². The highest BCUT2D eigenvalue weighted by Crippen LogP contribution is 2.11. The molecule has 18 heavy (non-hydrogen) atoms. The maximum absolute atomic E-state index is 11.9. The van der Waals surface area contributed by atoms with E-state index in [0.29, 0.717) is 17.5 Å². The Bertz CT molecular complexity index is 401. The van der Waals surface area contributed by atoms with Gasteiger partial charge in [0.2, 0.25) is 5.91 Å². The van der Waals surface area contributed by atoms with Gasteiger partial charge >= 0.3 is 0 Å². The molecule has 1 aliphatic heterocycles. The highest BCUT2D eigenvalue weighted by Gasteiger charge is 2.14. The quantitative estimate of drug-likeness (QED) is 0.880. The molecule has 98 valence electrons. The zero-order valence-electron chi connectivity index (χ0n) is 10.4. The number of carbonyl (C=O) groups is 1. The summed E-state index contributed by atoms with van der Waals surface area (Å²) >= 11 is 5.90. The van der Waals surface area contributed by atoms with Gasteiger partial charge < -0.3 is 10.6 Å². The predicted octanol–water partition coefficient (Wildman–Crippen LogP) is 2.14. The molecule has 1 aromatic rings. The van der Waals surface area contributed by atoms with Crippen molar-refractivity contribution < 1.29 is 4.79 Å². The summed E-state index contributed by atoms with van der Waals surface area (Å²) in [6.07, 6.45) is 3.61. The van der Waals surface area contributed by atoms with Crippen LogP contribution in [0.3, 0.4) is 0 Å². The van der Waals surface area contributed by atoms with Crippen LogP contribution in [0.25, 0.3) is 0 Å². The van der Waals surface area contributed by atoms with Crippen molar-refractivity contribution in [1.29, 1.82) is 0 Å². The maximum atomic E-state index is 11.9. The average molecular weight is 267 g/mol. The van der Waals surface area contributed by atoms with Crippen molar-refractivity contribution in [2.45, 2.75) is 31.7 Å². The first-order valence-electron chi connectivity index (χ1n) is 6.48. The average Bonchev–Trinajstić information content (AvgIpc) is 2.57. The van der Waals surface area contributed by atoms with E-state index in [9.17, 15) is 4.79 Å². The van der Waals surface area contributed by atoms with Gasteiger partial charge in [0.05, 0.1) is 6.42 Å². The summed E-state index contributed by atoms with van der Waals surface area (Å²) in [6, 6.07) is 7.78. The van der Waals surface area contributed by atoms with Crippen LogP contribution < -0.4 is 10.6 Å². The second-order valence-electron chi connectivity index (χ2n) is 4.75. The molecule has 0 saturated carbocycles. The van der Waals surface area contributed by atoms with Gasteiger partial charge in [0.1, 0.15) is 0 Å². The first-order valence-corrected chi connectivity index (χ1v) is 6.86. The Kier molecular flexibility index (Phi) is 5.02. The van der Waals surface area contributed by atoms with Crippen LogP contribution in [0, 0.1) is 0 Å². The fraction of sp³-hybridized carbons (Fsp3) is 0.500. The zero-order valence-corrected chi connectivity index (χ0v) is 11.2. The summed E-state index contributed by atoms with van der Waals surface area (Å²) in [5, 5.41) is 7.12. The molecule has 1 heterocycles. The number of hydrogen-bond acceptors (Lipinski definition) is 2. The van der Waals surface area contributed by atoms with Gasteiger partial charge in [0.25, 0.3) is 0 Å². The van der Waals surface area contributed by atoms with Gasteiger partial charge in [-0.2, -0.15) is 0 Å². The molecule has 1 fully saturated rings. The Balaban J connectivity index is 1.84. The second kappa shape index (κ2) is 6.76. The van der Waals surface area contributed by atoms with Gasteiger partial charge in [-0.15, -0.1) is 0 Å². The lowest BCUT2D eigenvalue weighted by atomic mass is 10.1. The number of rotatable bonds is 3. The number of nitrogens with one attached hydrogen (secondary N) is 2. The van der Waals surface area contributed by atoms with Crippen molar-refractivity contribution in [3.8, 4) is 0 Å². The minimum absolute atomic E-state index is 0.0872. The van der Waals surface area contributed by atoms with Crippen LogP contribution in [0.15, 0.2) is 24.3 Å². The lowest BCUT2D eigenvalue weighted by molar-refractivity contribution is -0.121. The number of carbonyl (C=O) groups excluding carboxylic acids is 1. The molecule has 2 N–H and O–H groups in total. The summed E-state index contributed by atoms with van der Waals surface area (Å²) in [6.45, 7) is 2.04. The SMILES string of the molecule is O=C(Cc1cccc(Cl)c1)NC1CCCNCC1. The van der Waals surface area contributed by atoms with Crippen LogP contribution in [0.2, 0.25) is 5.02 Å². The summed E-state index contributed by atoms with van der Waals surface area (Å²) in [5.41, 5.74) is 0.965. The Labute approximate surface area is 113 Å². The summed E-state index contributed by atoms with van der Waals surface area (Å²) in [5.74, 6) is 0.0872. The minimum atomic E-state index is 0.0872. The molecule has 0 spiro atoms. The molecule has 4 heteroatoms. The van der Waals surface area contributed by atoms with Crippen molar-refractivity contribution in [3.63, 3.8) is 0 Å². The van der Waals surface area contributed by atoms with E-state index in [2.05, 4.69) is 10.6 Å². The predicted molar refractivity (Wildman–Crippen MR) is 73.8 cm³/mol. The fourth-order valence-electron chi connectivity index (χ4n) is 2.27. The van der Waals surface area contributed by atoms with Crippen LogP contribution in [-0.4, -0.2) is 25.0 Å². The third-order valence-electron chi connectivity index (χ3n) is 3.19. The molecule has 1 atom stereocenters. The van der Waals surface area contributed by atoms with E-state index in [1.54, 1.807) is 0 Å². The normalized spacial score (nSPS) is 20.2. The van der Waals surface area contributed by atoms with E-state index >= 15 is 0 Å². The highest BCUT2D eigenvalue weighted by atomic mass is 35.5. The number of hydrogen-bond donors (Lipinski definition) is 2. The van der Waals surface area contributed by atoms with Gasteiger partial charge in [-0.3, -0.25) is 4.79 Å². The molecule has 3 nitrogen and oxygen atoms in total. The molecule has 1 aromatic carbocycles. The van der Waals surface area contributed by atoms with Gasteiger partial charge in [-0.25, -0.2) is 0 Å². The van der Waals surface area contributed by atoms with Gasteiger partial charge in [0, 0.05) is 11.1 Å². The monoisotopic (exact) mass is 266 g/mol. The highest BCUT2D eigenvalue weighted by molar-refractivity contribution is 6.30. The van der Waals surface area contributed by atoms with E-state index in [0.717, 1.165) is 37.9 Å². The maximum Gasteiger partial charge on any atom is 0.224 e. The lowest BCUT2D eigenvalue weighted by Gasteiger charge is -2.15. The van der Waals surface area contributed by atoms with Gasteiger partial charge in [-0.05, 0) is 50.0 Å². The Morgan fingerprint density at radius 3 is 3.11 bits per heavy atom. The molecular weight excluding hydrogens is 248 g/mol. The van der Waals surface area contributed by atoms with E-state index in [-0.39, 0.29) is 5.91 Å². The number of amides is 1. The molecule has 1 amide bonds. The van der Waals surface area contributed by atoms with Crippen molar-refractivity contribution in [1.82, 2.24) is 10.6 Å². The van der Waals surface area contributed by atoms with Crippen LogP contribution in [0.5, 0.6) is 0 Å². The van der Waals surface area contributed by atoms with Crippen molar-refractivity contribution >= 4 is 17.5 Å². The molecule has 0 radical (unpaired) electrons. The molecule has 0 aliphatic carbocycles. The summed E-state index contributed by atoms with van der Waals surface area (Å²) < 4.78 is 0. The molecular formula is C14H19ClN2O. The van der Waals surface area contributed by atoms with Crippen LogP contribution in [0.4, 0.5) is 0 Å². The van der Waals surface area contributed by atoms with Crippen molar-refractivity contribution in [2.75, 3.05) is 13.1 Å². The summed E-state index contributed by atoms with van der Waals surface area (Å²) in [7, 11) is 0. The summed E-state index contributed by atoms with van der Waals surface area (Å²) in [4.78, 5) is 11.9. The molecule has 1 saturated heterocycles. The van der Waals surface area contributed by atoms with Crippen LogP contribution in [0.1, 0.15) is 24.8 Å². The number of benzene rings is 1.